The van der Waals surface area contributed by atoms with Gasteiger partial charge in [0.1, 0.15) is 0 Å². The van der Waals surface area contributed by atoms with Crippen molar-refractivity contribution < 1.29 is 8.42 Å². The van der Waals surface area contributed by atoms with E-state index < -0.39 is 16.1 Å². The maximum absolute atomic E-state index is 12.9. The molecular formula is C22H20ClNO2S. The smallest absolute Gasteiger partial charge is 0.207 e. The zero-order chi connectivity index (χ0) is 19.3. The van der Waals surface area contributed by atoms with E-state index in [0.717, 1.165) is 11.1 Å². The number of hydrogen-bond donors (Lipinski definition) is 1. The summed E-state index contributed by atoms with van der Waals surface area (Å²) < 4.78 is 28.5. The van der Waals surface area contributed by atoms with Crippen LogP contribution in [-0.2, 0) is 10.0 Å². The van der Waals surface area contributed by atoms with Crippen LogP contribution in [0.1, 0.15) is 22.7 Å². The highest BCUT2D eigenvalue weighted by Gasteiger charge is 2.21. The number of halogens is 1. The number of sulfonamides is 1. The SMILES string of the molecule is Cc1ccc(S(=O)(=O)NC(/C=C/c2ccccc2)c2ccccc2Cl)cc1. The summed E-state index contributed by atoms with van der Waals surface area (Å²) in [7, 11) is -3.71. The molecule has 138 valence electrons. The molecule has 3 rings (SSSR count). The van der Waals surface area contributed by atoms with E-state index in [0.29, 0.717) is 10.6 Å². The van der Waals surface area contributed by atoms with E-state index in [9.17, 15) is 8.42 Å². The lowest BCUT2D eigenvalue weighted by atomic mass is 10.1. The van der Waals surface area contributed by atoms with Crippen molar-refractivity contribution in [1.82, 2.24) is 4.72 Å². The lowest BCUT2D eigenvalue weighted by molar-refractivity contribution is 0.574. The maximum atomic E-state index is 12.9. The average Bonchev–Trinajstić information content (AvgIpc) is 2.67. The van der Waals surface area contributed by atoms with E-state index in [4.69, 9.17) is 11.6 Å². The normalized spacial score (nSPS) is 13.0. The van der Waals surface area contributed by atoms with Gasteiger partial charge in [-0.1, -0.05) is 90.0 Å². The van der Waals surface area contributed by atoms with Crippen molar-refractivity contribution in [2.45, 2.75) is 17.9 Å². The molecule has 0 saturated heterocycles. The number of aryl methyl sites for hydroxylation is 1. The first-order valence-corrected chi connectivity index (χ1v) is 10.4. The predicted octanol–water partition coefficient (Wildman–Crippen LogP) is 5.38. The first-order chi connectivity index (χ1) is 13.0. The Morgan fingerprint density at radius 2 is 1.52 bits per heavy atom. The Balaban J connectivity index is 1.96. The molecule has 0 amide bonds. The van der Waals surface area contributed by atoms with E-state index in [1.165, 1.54) is 0 Å². The Bertz CT molecular complexity index is 1030. The second kappa shape index (κ2) is 8.53. The van der Waals surface area contributed by atoms with Crippen molar-refractivity contribution in [1.29, 1.82) is 0 Å². The minimum absolute atomic E-state index is 0.221. The van der Waals surface area contributed by atoms with Gasteiger partial charge in [0.05, 0.1) is 10.9 Å². The molecule has 0 fully saturated rings. The molecule has 0 heterocycles. The molecular weight excluding hydrogens is 378 g/mol. The summed E-state index contributed by atoms with van der Waals surface area (Å²) in [5, 5.41) is 0.506. The Morgan fingerprint density at radius 1 is 0.889 bits per heavy atom. The molecule has 3 aromatic rings. The molecule has 1 unspecified atom stereocenters. The van der Waals surface area contributed by atoms with E-state index >= 15 is 0 Å². The molecule has 0 saturated carbocycles. The molecule has 3 aromatic carbocycles. The standard InChI is InChI=1S/C22H20ClNO2S/c1-17-11-14-19(15-12-17)27(25,26)24-22(20-9-5-6-10-21(20)23)16-13-18-7-3-2-4-8-18/h2-16,22,24H,1H3/b16-13+. The van der Waals surface area contributed by atoms with Crippen LogP contribution in [-0.4, -0.2) is 8.42 Å². The van der Waals surface area contributed by atoms with Crippen molar-refractivity contribution in [3.63, 3.8) is 0 Å². The number of rotatable bonds is 6. The van der Waals surface area contributed by atoms with E-state index in [2.05, 4.69) is 4.72 Å². The van der Waals surface area contributed by atoms with Crippen LogP contribution in [0.25, 0.3) is 6.08 Å². The summed E-state index contributed by atoms with van der Waals surface area (Å²) in [6.45, 7) is 1.92. The third-order valence-corrected chi connectivity index (χ3v) is 5.94. The minimum Gasteiger partial charge on any atom is -0.207 e. The predicted molar refractivity (Wildman–Crippen MR) is 111 cm³/mol. The third kappa shape index (κ3) is 5.07. The zero-order valence-corrected chi connectivity index (χ0v) is 16.4. The number of benzene rings is 3. The second-order valence-electron chi connectivity index (χ2n) is 6.20. The Hall–Kier alpha value is -2.40. The average molecular weight is 398 g/mol. The van der Waals surface area contributed by atoms with Gasteiger partial charge in [-0.05, 0) is 36.2 Å². The van der Waals surface area contributed by atoms with Gasteiger partial charge in [0, 0.05) is 5.02 Å². The Morgan fingerprint density at radius 3 is 2.19 bits per heavy atom. The van der Waals surface area contributed by atoms with Crippen LogP contribution >= 0.6 is 11.6 Å². The molecule has 0 aliphatic rings. The zero-order valence-electron chi connectivity index (χ0n) is 14.8. The molecule has 0 aliphatic carbocycles. The summed E-state index contributed by atoms with van der Waals surface area (Å²) in [4.78, 5) is 0.221. The van der Waals surface area contributed by atoms with Gasteiger partial charge in [0.25, 0.3) is 0 Å². The third-order valence-electron chi connectivity index (χ3n) is 4.13. The molecule has 0 radical (unpaired) electrons. The summed E-state index contributed by atoms with van der Waals surface area (Å²) in [6, 6.07) is 23.1. The molecule has 1 N–H and O–H groups in total. The first kappa shape index (κ1) is 19.4. The van der Waals surface area contributed by atoms with Crippen LogP contribution in [0, 0.1) is 6.92 Å². The van der Waals surface area contributed by atoms with Crippen molar-refractivity contribution in [2.75, 3.05) is 0 Å². The fraction of sp³-hybridized carbons (Fsp3) is 0.0909. The van der Waals surface area contributed by atoms with Gasteiger partial charge in [-0.25, -0.2) is 8.42 Å². The molecule has 27 heavy (non-hydrogen) atoms. The van der Waals surface area contributed by atoms with Crippen LogP contribution in [0.15, 0.2) is 89.8 Å². The number of hydrogen-bond acceptors (Lipinski definition) is 2. The Labute approximate surface area is 165 Å². The van der Waals surface area contributed by atoms with Gasteiger partial charge in [-0.15, -0.1) is 0 Å². The number of nitrogens with one attached hydrogen (secondary N) is 1. The van der Waals surface area contributed by atoms with E-state index in [1.807, 2.05) is 67.6 Å². The highest BCUT2D eigenvalue weighted by atomic mass is 35.5. The highest BCUT2D eigenvalue weighted by molar-refractivity contribution is 7.89. The van der Waals surface area contributed by atoms with Crippen LogP contribution in [0.3, 0.4) is 0 Å². The van der Waals surface area contributed by atoms with Crippen LogP contribution in [0.4, 0.5) is 0 Å². The van der Waals surface area contributed by atoms with Gasteiger partial charge in [0.2, 0.25) is 10.0 Å². The Kier molecular flexibility index (Phi) is 6.11. The van der Waals surface area contributed by atoms with Gasteiger partial charge >= 0.3 is 0 Å². The quantitative estimate of drug-likeness (QED) is 0.606. The highest BCUT2D eigenvalue weighted by Crippen LogP contribution is 2.26. The fourth-order valence-corrected chi connectivity index (χ4v) is 4.08. The van der Waals surface area contributed by atoms with E-state index in [1.54, 1.807) is 30.3 Å². The maximum Gasteiger partial charge on any atom is 0.241 e. The van der Waals surface area contributed by atoms with Crippen LogP contribution in [0.5, 0.6) is 0 Å². The molecule has 0 aromatic heterocycles. The lowest BCUT2D eigenvalue weighted by Crippen LogP contribution is -2.27. The molecule has 3 nitrogen and oxygen atoms in total. The molecule has 0 bridgehead atoms. The van der Waals surface area contributed by atoms with E-state index in [-0.39, 0.29) is 4.90 Å². The van der Waals surface area contributed by atoms with Gasteiger partial charge in [-0.2, -0.15) is 4.72 Å². The van der Waals surface area contributed by atoms with Crippen LogP contribution in [0.2, 0.25) is 5.02 Å². The summed E-state index contributed by atoms with van der Waals surface area (Å²) >= 11 is 6.33. The second-order valence-corrected chi connectivity index (χ2v) is 8.32. The molecule has 0 spiro atoms. The summed E-state index contributed by atoms with van der Waals surface area (Å²) in [5.41, 5.74) is 2.67. The lowest BCUT2D eigenvalue weighted by Gasteiger charge is -2.17. The van der Waals surface area contributed by atoms with Crippen molar-refractivity contribution >= 4 is 27.7 Å². The summed E-state index contributed by atoms with van der Waals surface area (Å²) in [6.07, 6.45) is 3.69. The van der Waals surface area contributed by atoms with Crippen molar-refractivity contribution in [3.05, 3.63) is 107 Å². The van der Waals surface area contributed by atoms with Gasteiger partial charge in [0.15, 0.2) is 0 Å². The van der Waals surface area contributed by atoms with Crippen molar-refractivity contribution in [2.24, 2.45) is 0 Å². The minimum atomic E-state index is -3.71. The van der Waals surface area contributed by atoms with Gasteiger partial charge in [-0.3, -0.25) is 0 Å². The van der Waals surface area contributed by atoms with Gasteiger partial charge < -0.3 is 0 Å². The first-order valence-electron chi connectivity index (χ1n) is 8.52. The molecule has 0 aliphatic heterocycles. The topological polar surface area (TPSA) is 46.2 Å². The fourth-order valence-electron chi connectivity index (χ4n) is 2.66. The molecule has 5 heteroatoms. The van der Waals surface area contributed by atoms with Crippen LogP contribution < -0.4 is 4.72 Å². The monoisotopic (exact) mass is 397 g/mol. The largest absolute Gasteiger partial charge is 0.241 e. The molecule has 1 atom stereocenters. The van der Waals surface area contributed by atoms with Crippen molar-refractivity contribution in [3.8, 4) is 0 Å². The summed E-state index contributed by atoms with van der Waals surface area (Å²) in [5.74, 6) is 0.